The van der Waals surface area contributed by atoms with Crippen LogP contribution in [-0.2, 0) is 9.53 Å². The summed E-state index contributed by atoms with van der Waals surface area (Å²) in [7, 11) is 1.64. The van der Waals surface area contributed by atoms with Gasteiger partial charge in [-0.3, -0.25) is 4.79 Å². The molecule has 0 aliphatic heterocycles. The normalized spacial score (nSPS) is 11.6. The van der Waals surface area contributed by atoms with Gasteiger partial charge in [0.25, 0.3) is 5.56 Å². The van der Waals surface area contributed by atoms with E-state index in [-0.39, 0.29) is 24.2 Å². The highest BCUT2D eigenvalue weighted by Gasteiger charge is 2.19. The molecule has 4 aromatic rings. The van der Waals surface area contributed by atoms with Crippen LogP contribution in [0.3, 0.4) is 0 Å². The van der Waals surface area contributed by atoms with Crippen molar-refractivity contribution >= 4 is 50.6 Å². The van der Waals surface area contributed by atoms with Crippen LogP contribution in [0.5, 0.6) is 11.5 Å². The van der Waals surface area contributed by atoms with E-state index in [1.165, 1.54) is 10.9 Å². The molecule has 41 heavy (non-hydrogen) atoms. The van der Waals surface area contributed by atoms with Gasteiger partial charge in [-0.2, -0.15) is 9.78 Å². The summed E-state index contributed by atoms with van der Waals surface area (Å²) in [5.74, 6) is 1.11. The number of carbonyl (C=O) groups excluding carboxylic acids is 1. The number of methoxy groups -OCH3 is 1. The number of rotatable bonds is 9. The van der Waals surface area contributed by atoms with Crippen molar-refractivity contribution in [3.8, 4) is 22.9 Å². The third kappa shape index (κ3) is 6.80. The Kier molecular flexibility index (Phi) is 9.50. The topological polar surface area (TPSA) is 92.0 Å². The van der Waals surface area contributed by atoms with Gasteiger partial charge in [0.1, 0.15) is 11.5 Å². The first kappa shape index (κ1) is 30.3. The lowest BCUT2D eigenvalue weighted by Gasteiger charge is -2.17. The van der Waals surface area contributed by atoms with E-state index >= 15 is 0 Å². The number of aryl methyl sites for hydroxylation is 1. The van der Waals surface area contributed by atoms with Crippen LogP contribution in [-0.4, -0.2) is 41.7 Å². The summed E-state index contributed by atoms with van der Waals surface area (Å²) in [5.41, 5.74) is 3.26. The Morgan fingerprint density at radius 1 is 1.15 bits per heavy atom. The van der Waals surface area contributed by atoms with Crippen molar-refractivity contribution in [2.45, 2.75) is 46.6 Å². The minimum Gasteiger partial charge on any atom is -0.496 e. The average molecular weight is 641 g/mol. The maximum atomic E-state index is 13.8. The monoisotopic (exact) mass is 639 g/mol. The molecule has 1 heterocycles. The molecule has 0 amide bonds. The Morgan fingerprint density at radius 2 is 1.88 bits per heavy atom. The molecule has 0 N–H and O–H groups in total. The number of hydrogen-bond acceptors (Lipinski definition) is 7. The molecule has 0 spiro atoms. The van der Waals surface area contributed by atoms with Crippen molar-refractivity contribution in [3.63, 3.8) is 0 Å². The SMILES string of the molecule is COc1cc(C)c(-c2nc3ccccc3c(=O)n2N=Cc2cc(Cl)cc(Br)c2OCC(=O)OC(C)C)cc1C(C)C. The van der Waals surface area contributed by atoms with E-state index in [0.29, 0.717) is 37.5 Å². The highest BCUT2D eigenvalue weighted by Crippen LogP contribution is 2.35. The van der Waals surface area contributed by atoms with Crippen LogP contribution in [0.1, 0.15) is 50.3 Å². The van der Waals surface area contributed by atoms with Crippen molar-refractivity contribution in [1.29, 1.82) is 0 Å². The van der Waals surface area contributed by atoms with Crippen LogP contribution in [0.4, 0.5) is 0 Å². The molecule has 0 radical (unpaired) electrons. The van der Waals surface area contributed by atoms with Gasteiger partial charge in [0, 0.05) is 16.1 Å². The minimum atomic E-state index is -0.516. The van der Waals surface area contributed by atoms with E-state index < -0.39 is 5.97 Å². The summed E-state index contributed by atoms with van der Waals surface area (Å²) >= 11 is 9.79. The zero-order valence-electron chi connectivity index (χ0n) is 23.7. The van der Waals surface area contributed by atoms with Crippen LogP contribution in [0.15, 0.2) is 62.9 Å². The lowest BCUT2D eigenvalue weighted by atomic mass is 9.96. The van der Waals surface area contributed by atoms with Crippen molar-refractivity contribution in [2.75, 3.05) is 13.7 Å². The Balaban J connectivity index is 1.89. The van der Waals surface area contributed by atoms with Gasteiger partial charge in [0.15, 0.2) is 12.4 Å². The predicted octanol–water partition coefficient (Wildman–Crippen LogP) is 7.13. The molecule has 0 bridgehead atoms. The van der Waals surface area contributed by atoms with E-state index in [4.69, 9.17) is 30.8 Å². The van der Waals surface area contributed by atoms with Gasteiger partial charge in [-0.1, -0.05) is 37.6 Å². The van der Waals surface area contributed by atoms with Gasteiger partial charge >= 0.3 is 5.97 Å². The summed E-state index contributed by atoms with van der Waals surface area (Å²) in [6.07, 6.45) is 1.19. The molecule has 0 saturated carbocycles. The molecular formula is C31H31BrClN3O5. The lowest BCUT2D eigenvalue weighted by molar-refractivity contribution is -0.149. The quantitative estimate of drug-likeness (QED) is 0.143. The first-order valence-corrected chi connectivity index (χ1v) is 14.2. The fraction of sp³-hybridized carbons (Fsp3) is 0.290. The van der Waals surface area contributed by atoms with E-state index in [9.17, 15) is 9.59 Å². The van der Waals surface area contributed by atoms with Gasteiger partial charge in [0.05, 0.1) is 34.8 Å². The number of fused-ring (bicyclic) bond motifs is 1. The number of halogens is 2. The van der Waals surface area contributed by atoms with Gasteiger partial charge in [0.2, 0.25) is 0 Å². The molecular weight excluding hydrogens is 610 g/mol. The van der Waals surface area contributed by atoms with E-state index in [2.05, 4.69) is 34.9 Å². The number of ether oxygens (including phenoxy) is 3. The molecule has 0 atom stereocenters. The zero-order valence-corrected chi connectivity index (χ0v) is 26.0. The molecule has 0 saturated heterocycles. The predicted molar refractivity (Wildman–Crippen MR) is 166 cm³/mol. The third-order valence-corrected chi connectivity index (χ3v) is 7.05. The second-order valence-corrected chi connectivity index (χ2v) is 11.3. The Hall–Kier alpha value is -3.69. The summed E-state index contributed by atoms with van der Waals surface area (Å²) in [6.45, 7) is 9.29. The highest BCUT2D eigenvalue weighted by molar-refractivity contribution is 9.10. The van der Waals surface area contributed by atoms with Gasteiger partial charge < -0.3 is 14.2 Å². The van der Waals surface area contributed by atoms with Crippen LogP contribution in [0, 0.1) is 6.92 Å². The number of esters is 1. The van der Waals surface area contributed by atoms with Gasteiger partial charge in [-0.15, -0.1) is 0 Å². The number of nitrogens with zero attached hydrogens (tertiary/aromatic N) is 3. The molecule has 0 unspecified atom stereocenters. The fourth-order valence-electron chi connectivity index (χ4n) is 4.35. The highest BCUT2D eigenvalue weighted by atomic mass is 79.9. The molecule has 214 valence electrons. The Morgan fingerprint density at radius 3 is 2.56 bits per heavy atom. The van der Waals surface area contributed by atoms with Crippen molar-refractivity contribution < 1.29 is 19.0 Å². The summed E-state index contributed by atoms with van der Waals surface area (Å²) in [6, 6.07) is 14.3. The third-order valence-electron chi connectivity index (χ3n) is 6.24. The van der Waals surface area contributed by atoms with Crippen LogP contribution in [0.25, 0.3) is 22.3 Å². The number of benzene rings is 3. The molecule has 0 aliphatic carbocycles. The van der Waals surface area contributed by atoms with E-state index in [0.717, 1.165) is 22.4 Å². The molecule has 3 aromatic carbocycles. The molecule has 10 heteroatoms. The molecule has 0 aliphatic rings. The Labute approximate surface area is 252 Å². The number of hydrogen-bond donors (Lipinski definition) is 0. The van der Waals surface area contributed by atoms with Gasteiger partial charge in [-0.25, -0.2) is 9.78 Å². The minimum absolute atomic E-state index is 0.166. The summed E-state index contributed by atoms with van der Waals surface area (Å²) < 4.78 is 18.4. The lowest BCUT2D eigenvalue weighted by Crippen LogP contribution is -2.21. The van der Waals surface area contributed by atoms with E-state index in [1.54, 1.807) is 51.3 Å². The fourth-order valence-corrected chi connectivity index (χ4v) is 5.30. The largest absolute Gasteiger partial charge is 0.496 e. The zero-order chi connectivity index (χ0) is 29.8. The van der Waals surface area contributed by atoms with Crippen molar-refractivity contribution in [3.05, 3.63) is 85.1 Å². The first-order valence-electron chi connectivity index (χ1n) is 13.1. The maximum Gasteiger partial charge on any atom is 0.344 e. The molecule has 1 aromatic heterocycles. The molecule has 4 rings (SSSR count). The molecule has 0 fully saturated rings. The van der Waals surface area contributed by atoms with Crippen molar-refractivity contribution in [1.82, 2.24) is 9.66 Å². The Bertz CT molecular complexity index is 1700. The summed E-state index contributed by atoms with van der Waals surface area (Å²) in [5, 5.41) is 5.42. The second kappa shape index (κ2) is 12.9. The number of carbonyl (C=O) groups is 1. The smallest absolute Gasteiger partial charge is 0.344 e. The van der Waals surface area contributed by atoms with Gasteiger partial charge in [-0.05, 0) is 90.1 Å². The van der Waals surface area contributed by atoms with Crippen LogP contribution >= 0.6 is 27.5 Å². The maximum absolute atomic E-state index is 13.8. The van der Waals surface area contributed by atoms with Crippen molar-refractivity contribution in [2.24, 2.45) is 5.10 Å². The molecule has 8 nitrogen and oxygen atoms in total. The van der Waals surface area contributed by atoms with E-state index in [1.807, 2.05) is 25.1 Å². The average Bonchev–Trinajstić information content (AvgIpc) is 2.91. The van der Waals surface area contributed by atoms with Crippen LogP contribution in [0.2, 0.25) is 5.02 Å². The second-order valence-electron chi connectivity index (χ2n) is 10.0. The number of aromatic nitrogens is 2. The first-order chi connectivity index (χ1) is 19.5. The van der Waals surface area contributed by atoms with Crippen LogP contribution < -0.4 is 15.0 Å². The number of para-hydroxylation sites is 1. The standard InChI is InChI=1S/C31H31BrClN3O5/c1-17(2)23-14-24(19(5)11-27(23)39-6)30-35-26-10-8-7-9-22(26)31(38)36(30)34-15-20-12-21(33)13-25(32)29(20)40-16-28(37)41-18(3)4/h7-15,17-18H,16H2,1-6H3. The summed E-state index contributed by atoms with van der Waals surface area (Å²) in [4.78, 5) is 30.8.